The second-order valence-electron chi connectivity index (χ2n) is 5.44. The van der Waals surface area contributed by atoms with Gasteiger partial charge in [-0.05, 0) is 66.0 Å². The number of unbranched alkanes of at least 4 members (excludes halogenated alkanes) is 2. The van der Waals surface area contributed by atoms with Crippen molar-refractivity contribution < 1.29 is 14.3 Å². The Bertz CT molecular complexity index is 308. The Morgan fingerprint density at radius 1 is 1.11 bits per heavy atom. The van der Waals surface area contributed by atoms with Crippen LogP contribution in [0.15, 0.2) is 24.0 Å². The summed E-state index contributed by atoms with van der Waals surface area (Å²) in [5, 5.41) is 0. The molecule has 0 aromatic heterocycles. The maximum atomic E-state index is 11.5. The van der Waals surface area contributed by atoms with Gasteiger partial charge in [0.1, 0.15) is 11.4 Å². The Morgan fingerprint density at radius 3 is 2.32 bits per heavy atom. The second kappa shape index (κ2) is 9.65. The molecule has 0 amide bonds. The van der Waals surface area contributed by atoms with Crippen LogP contribution in [0.1, 0.15) is 60.3 Å². The van der Waals surface area contributed by atoms with Gasteiger partial charge in [0.15, 0.2) is 0 Å². The van der Waals surface area contributed by atoms with Crippen LogP contribution >= 0.6 is 0 Å². The van der Waals surface area contributed by atoms with Gasteiger partial charge in [0.2, 0.25) is 0 Å². The second-order valence-corrected chi connectivity index (χ2v) is 5.44. The van der Waals surface area contributed by atoms with E-state index >= 15 is 0 Å². The van der Waals surface area contributed by atoms with Gasteiger partial charge in [0, 0.05) is 6.42 Å². The summed E-state index contributed by atoms with van der Waals surface area (Å²) in [6, 6.07) is 0. The Kier molecular flexibility index (Phi) is 9.02. The van der Waals surface area contributed by atoms with Crippen LogP contribution in [0.4, 0.5) is 0 Å². The number of ether oxygens (including phenoxy) is 2. The number of hydrogen-bond acceptors (Lipinski definition) is 3. The Labute approximate surface area is 117 Å². The quantitative estimate of drug-likeness (QED) is 0.283. The zero-order chi connectivity index (χ0) is 14.7. The lowest BCUT2D eigenvalue weighted by molar-refractivity contribution is -0.154. The number of carbonyl (C=O) groups is 1. The molecule has 0 spiro atoms. The highest BCUT2D eigenvalue weighted by Crippen LogP contribution is 2.11. The van der Waals surface area contributed by atoms with E-state index in [2.05, 4.69) is 0 Å². The van der Waals surface area contributed by atoms with Crippen LogP contribution in [0, 0.1) is 0 Å². The van der Waals surface area contributed by atoms with Gasteiger partial charge in [-0.15, -0.1) is 0 Å². The van der Waals surface area contributed by atoms with E-state index in [0.29, 0.717) is 13.0 Å². The molecule has 0 aromatic rings. The molecule has 3 heteroatoms. The van der Waals surface area contributed by atoms with Crippen molar-refractivity contribution in [1.82, 2.24) is 0 Å². The number of allylic oxidation sites excluding steroid dienone is 3. The molecule has 0 aliphatic carbocycles. The van der Waals surface area contributed by atoms with E-state index in [4.69, 9.17) is 9.47 Å². The third-order valence-electron chi connectivity index (χ3n) is 2.33. The van der Waals surface area contributed by atoms with Gasteiger partial charge in [-0.2, -0.15) is 0 Å². The lowest BCUT2D eigenvalue weighted by atomic mass is 10.1. The van der Waals surface area contributed by atoms with E-state index < -0.39 is 0 Å². The van der Waals surface area contributed by atoms with Crippen molar-refractivity contribution in [1.29, 1.82) is 0 Å². The summed E-state index contributed by atoms with van der Waals surface area (Å²) in [7, 11) is 0. The molecule has 3 nitrogen and oxygen atoms in total. The minimum Gasteiger partial charge on any atom is -0.494 e. The molecule has 0 saturated heterocycles. The first-order chi connectivity index (χ1) is 8.89. The molecular formula is C16H28O3. The molecule has 0 heterocycles. The summed E-state index contributed by atoms with van der Waals surface area (Å²) in [6.45, 7) is 10.3. The fourth-order valence-electron chi connectivity index (χ4n) is 1.52. The first-order valence-corrected chi connectivity index (χ1v) is 7.02. The lowest BCUT2D eigenvalue weighted by Gasteiger charge is -2.19. The van der Waals surface area contributed by atoms with E-state index in [1.807, 2.05) is 52.8 Å². The van der Waals surface area contributed by atoms with E-state index in [9.17, 15) is 4.79 Å². The van der Waals surface area contributed by atoms with Crippen molar-refractivity contribution in [3.05, 3.63) is 24.0 Å². The van der Waals surface area contributed by atoms with Crippen molar-refractivity contribution in [2.24, 2.45) is 0 Å². The fourth-order valence-corrected chi connectivity index (χ4v) is 1.52. The minimum absolute atomic E-state index is 0.114. The van der Waals surface area contributed by atoms with Crippen LogP contribution in [0.25, 0.3) is 0 Å². The fraction of sp³-hybridized carbons (Fsp3) is 0.688. The summed E-state index contributed by atoms with van der Waals surface area (Å²) in [6.07, 6.45) is 9.12. The van der Waals surface area contributed by atoms with Crippen LogP contribution in [0.2, 0.25) is 0 Å². The van der Waals surface area contributed by atoms with Crippen molar-refractivity contribution in [3.63, 3.8) is 0 Å². The van der Waals surface area contributed by atoms with Gasteiger partial charge < -0.3 is 9.47 Å². The molecule has 0 unspecified atom stereocenters. The van der Waals surface area contributed by atoms with Crippen molar-refractivity contribution in [2.45, 2.75) is 65.9 Å². The molecule has 0 aliphatic heterocycles. The molecule has 0 N–H and O–H groups in total. The molecule has 0 aliphatic rings. The Balaban J connectivity index is 3.58. The summed E-state index contributed by atoms with van der Waals surface area (Å²) in [4.78, 5) is 11.5. The van der Waals surface area contributed by atoms with Gasteiger partial charge in [0.05, 0.1) is 6.61 Å². The van der Waals surface area contributed by atoms with Crippen LogP contribution in [0.5, 0.6) is 0 Å². The van der Waals surface area contributed by atoms with Crippen LogP contribution in [0.3, 0.4) is 0 Å². The standard InChI is InChI=1S/C16H28O3/c1-6-11-14(7-2)18-13-10-8-9-12-15(17)19-16(3,4)5/h6-7,11H,8-10,12-13H2,1-5H3. The Morgan fingerprint density at radius 2 is 1.79 bits per heavy atom. The van der Waals surface area contributed by atoms with E-state index in [1.165, 1.54) is 0 Å². The third-order valence-corrected chi connectivity index (χ3v) is 2.33. The summed E-state index contributed by atoms with van der Waals surface area (Å²) in [5.41, 5.74) is -0.381. The number of carbonyl (C=O) groups excluding carboxylic acids is 1. The van der Waals surface area contributed by atoms with Crippen LogP contribution in [-0.2, 0) is 14.3 Å². The number of hydrogen-bond donors (Lipinski definition) is 0. The highest BCUT2D eigenvalue weighted by molar-refractivity contribution is 5.69. The molecule has 0 aromatic carbocycles. The van der Waals surface area contributed by atoms with Crippen molar-refractivity contribution in [2.75, 3.05) is 6.61 Å². The average molecular weight is 268 g/mol. The molecular weight excluding hydrogens is 240 g/mol. The average Bonchev–Trinajstić information content (AvgIpc) is 2.29. The third kappa shape index (κ3) is 11.6. The van der Waals surface area contributed by atoms with Gasteiger partial charge >= 0.3 is 5.97 Å². The maximum absolute atomic E-state index is 11.5. The summed E-state index contributed by atoms with van der Waals surface area (Å²) < 4.78 is 10.8. The smallest absolute Gasteiger partial charge is 0.306 e. The molecule has 0 saturated carbocycles. The van der Waals surface area contributed by atoms with Crippen LogP contribution in [-0.4, -0.2) is 18.2 Å². The maximum Gasteiger partial charge on any atom is 0.306 e. The predicted octanol–water partition coefficient (Wildman–Crippen LogP) is 4.39. The van der Waals surface area contributed by atoms with E-state index in [-0.39, 0.29) is 11.6 Å². The van der Waals surface area contributed by atoms with Gasteiger partial charge in [-0.1, -0.05) is 6.08 Å². The Hall–Kier alpha value is -1.25. The zero-order valence-corrected chi connectivity index (χ0v) is 13.0. The first kappa shape index (κ1) is 17.8. The lowest BCUT2D eigenvalue weighted by Crippen LogP contribution is -2.23. The largest absolute Gasteiger partial charge is 0.494 e. The summed E-state index contributed by atoms with van der Waals surface area (Å²) >= 11 is 0. The monoisotopic (exact) mass is 268 g/mol. The van der Waals surface area contributed by atoms with Crippen LogP contribution < -0.4 is 0 Å². The molecule has 0 atom stereocenters. The number of rotatable bonds is 8. The normalized spacial score (nSPS) is 12.8. The summed E-state index contributed by atoms with van der Waals surface area (Å²) in [5.74, 6) is 0.783. The first-order valence-electron chi connectivity index (χ1n) is 7.02. The van der Waals surface area contributed by atoms with Crippen molar-refractivity contribution >= 4 is 5.97 Å². The van der Waals surface area contributed by atoms with E-state index in [1.54, 1.807) is 0 Å². The molecule has 0 radical (unpaired) electrons. The SMILES string of the molecule is CC=CC(=CC)OCCCCCC(=O)OC(C)(C)C. The van der Waals surface area contributed by atoms with Crippen molar-refractivity contribution in [3.8, 4) is 0 Å². The van der Waals surface area contributed by atoms with Gasteiger partial charge in [-0.3, -0.25) is 4.79 Å². The molecule has 0 rings (SSSR count). The number of esters is 1. The molecule has 110 valence electrons. The molecule has 0 fully saturated rings. The predicted molar refractivity (Wildman–Crippen MR) is 78.8 cm³/mol. The zero-order valence-electron chi connectivity index (χ0n) is 13.0. The highest BCUT2D eigenvalue weighted by Gasteiger charge is 2.15. The van der Waals surface area contributed by atoms with E-state index in [0.717, 1.165) is 25.0 Å². The highest BCUT2D eigenvalue weighted by atomic mass is 16.6. The molecule has 0 bridgehead atoms. The van der Waals surface area contributed by atoms with Gasteiger partial charge in [0.25, 0.3) is 0 Å². The minimum atomic E-state index is -0.381. The topological polar surface area (TPSA) is 35.5 Å². The molecule has 19 heavy (non-hydrogen) atoms. The van der Waals surface area contributed by atoms with Gasteiger partial charge in [-0.25, -0.2) is 0 Å².